The molecule has 0 spiro atoms. The molecule has 0 fully saturated rings. The summed E-state index contributed by atoms with van der Waals surface area (Å²) in [6.45, 7) is 4.09. The van der Waals surface area contributed by atoms with Crippen LogP contribution in [0, 0.1) is 0 Å². The Hall–Kier alpha value is -2.14. The number of unbranched alkanes of at least 4 members (excludes halogenated alkanes) is 22. The summed E-state index contributed by atoms with van der Waals surface area (Å²) in [7, 11) is 0. The van der Waals surface area contributed by atoms with E-state index in [1.165, 1.54) is 122 Å². The van der Waals surface area contributed by atoms with E-state index in [9.17, 15) is 14.7 Å². The van der Waals surface area contributed by atoms with Gasteiger partial charge in [-0.1, -0.05) is 165 Å². The third kappa shape index (κ3) is 38.7. The average molecular weight is 701 g/mol. The van der Waals surface area contributed by atoms with Crippen LogP contribution in [0.15, 0.2) is 48.6 Å². The van der Waals surface area contributed by atoms with Crippen molar-refractivity contribution in [2.24, 2.45) is 0 Å². The van der Waals surface area contributed by atoms with Gasteiger partial charge in [-0.3, -0.25) is 9.59 Å². The topological polar surface area (TPSA) is 72.8 Å². The molecule has 1 N–H and O–H groups in total. The second-order valence-corrected chi connectivity index (χ2v) is 14.1. The van der Waals surface area contributed by atoms with Gasteiger partial charge in [-0.05, 0) is 77.0 Å². The molecule has 1 atom stereocenters. The van der Waals surface area contributed by atoms with Gasteiger partial charge in [0.05, 0.1) is 6.61 Å². The third-order valence-electron chi connectivity index (χ3n) is 9.10. The molecule has 0 bridgehead atoms. The maximum absolute atomic E-state index is 12.2. The quantitative estimate of drug-likeness (QED) is 0.0394. The van der Waals surface area contributed by atoms with Crippen molar-refractivity contribution in [3.63, 3.8) is 0 Å². The van der Waals surface area contributed by atoms with Crippen molar-refractivity contribution in [1.29, 1.82) is 0 Å². The molecule has 0 aromatic carbocycles. The summed E-state index contributed by atoms with van der Waals surface area (Å²) in [6, 6.07) is 0. The van der Waals surface area contributed by atoms with Crippen molar-refractivity contribution in [1.82, 2.24) is 0 Å². The van der Waals surface area contributed by atoms with Gasteiger partial charge in [0.15, 0.2) is 6.10 Å². The van der Waals surface area contributed by atoms with Crippen LogP contribution in [0.2, 0.25) is 0 Å². The molecule has 0 aliphatic heterocycles. The first-order chi connectivity index (χ1) is 24.6. The number of esters is 2. The maximum Gasteiger partial charge on any atom is 0.306 e. The summed E-state index contributed by atoms with van der Waals surface area (Å²) in [5.41, 5.74) is 0. The van der Waals surface area contributed by atoms with E-state index in [-0.39, 0.29) is 25.2 Å². The molecule has 0 aromatic heterocycles. The number of rotatable bonds is 38. The first-order valence-corrected chi connectivity index (χ1v) is 21.2. The van der Waals surface area contributed by atoms with Gasteiger partial charge < -0.3 is 14.6 Å². The van der Waals surface area contributed by atoms with E-state index in [2.05, 4.69) is 62.5 Å². The largest absolute Gasteiger partial charge is 0.462 e. The molecule has 0 amide bonds. The van der Waals surface area contributed by atoms with Crippen molar-refractivity contribution in [2.75, 3.05) is 13.2 Å². The molecule has 0 aliphatic carbocycles. The van der Waals surface area contributed by atoms with Crippen LogP contribution in [0.5, 0.6) is 0 Å². The molecule has 0 rings (SSSR count). The Labute approximate surface area is 309 Å². The van der Waals surface area contributed by atoms with Crippen molar-refractivity contribution >= 4 is 11.9 Å². The smallest absolute Gasteiger partial charge is 0.306 e. The zero-order chi connectivity index (χ0) is 36.4. The molecule has 50 heavy (non-hydrogen) atoms. The van der Waals surface area contributed by atoms with Crippen LogP contribution in [0.25, 0.3) is 0 Å². The average Bonchev–Trinajstić information content (AvgIpc) is 3.12. The second-order valence-electron chi connectivity index (χ2n) is 14.1. The van der Waals surface area contributed by atoms with Crippen molar-refractivity contribution in [3.8, 4) is 0 Å². The predicted molar refractivity (Wildman–Crippen MR) is 214 cm³/mol. The molecule has 0 aliphatic rings. The van der Waals surface area contributed by atoms with E-state index in [1.54, 1.807) is 0 Å². The Morgan fingerprint density at radius 3 is 1.26 bits per heavy atom. The highest BCUT2D eigenvalue weighted by molar-refractivity contribution is 5.70. The minimum atomic E-state index is -0.780. The Kier molecular flexibility index (Phi) is 39.5. The number of aliphatic hydroxyl groups is 1. The van der Waals surface area contributed by atoms with Gasteiger partial charge in [0.1, 0.15) is 6.61 Å². The zero-order valence-corrected chi connectivity index (χ0v) is 32.9. The lowest BCUT2D eigenvalue weighted by Gasteiger charge is -2.15. The zero-order valence-electron chi connectivity index (χ0n) is 32.9. The Morgan fingerprint density at radius 1 is 0.460 bits per heavy atom. The van der Waals surface area contributed by atoms with Gasteiger partial charge in [0.25, 0.3) is 0 Å². The standard InChI is InChI=1S/C45H80O5/c1-3-5-7-9-11-13-15-17-19-21-22-24-26-28-30-32-34-36-38-40-45(48)50-43(41-46)42-49-44(47)39-37-35-33-31-29-27-25-23-20-18-16-14-12-10-8-6-4-2/h11,13,17-20,22,24,43,46H,3-10,12,14-16,21,23,25-42H2,1-2H3/b13-11-,19-17-,20-18-,24-22-. The summed E-state index contributed by atoms with van der Waals surface area (Å²) in [5.74, 6) is -0.609. The maximum atomic E-state index is 12.2. The lowest BCUT2D eigenvalue weighted by molar-refractivity contribution is -0.161. The van der Waals surface area contributed by atoms with Crippen LogP contribution in [0.4, 0.5) is 0 Å². The fraction of sp³-hybridized carbons (Fsp3) is 0.778. The molecular formula is C45H80O5. The predicted octanol–water partition coefficient (Wildman–Crippen LogP) is 13.4. The molecule has 1 unspecified atom stereocenters. The van der Waals surface area contributed by atoms with Gasteiger partial charge in [-0.25, -0.2) is 0 Å². The molecular weight excluding hydrogens is 620 g/mol. The van der Waals surface area contributed by atoms with Gasteiger partial charge in [-0.15, -0.1) is 0 Å². The molecule has 0 radical (unpaired) electrons. The minimum Gasteiger partial charge on any atom is -0.462 e. The molecule has 0 saturated carbocycles. The summed E-state index contributed by atoms with van der Waals surface area (Å²) in [5, 5.41) is 9.57. The van der Waals surface area contributed by atoms with Crippen molar-refractivity contribution in [2.45, 2.75) is 213 Å². The van der Waals surface area contributed by atoms with Crippen LogP contribution < -0.4 is 0 Å². The SMILES string of the molecule is CCCCC/C=C\C/C=C\C/C=C\CCCCCCCCC(=O)OC(CO)COC(=O)CCCCCCCCC/C=C\CCCCCCCC. The molecule has 0 saturated heterocycles. The highest BCUT2D eigenvalue weighted by Gasteiger charge is 2.16. The van der Waals surface area contributed by atoms with E-state index in [1.807, 2.05) is 0 Å². The molecule has 290 valence electrons. The number of carbonyl (C=O) groups is 2. The Balaban J connectivity index is 3.58. The van der Waals surface area contributed by atoms with Crippen LogP contribution in [-0.4, -0.2) is 36.4 Å². The molecule has 5 heteroatoms. The van der Waals surface area contributed by atoms with E-state index in [4.69, 9.17) is 9.47 Å². The summed E-state index contributed by atoms with van der Waals surface area (Å²) in [4.78, 5) is 24.3. The number of hydrogen-bond donors (Lipinski definition) is 1. The Morgan fingerprint density at radius 2 is 0.800 bits per heavy atom. The summed E-state index contributed by atoms with van der Waals surface area (Å²) >= 11 is 0. The van der Waals surface area contributed by atoms with E-state index >= 15 is 0 Å². The first-order valence-electron chi connectivity index (χ1n) is 21.2. The van der Waals surface area contributed by atoms with Crippen LogP contribution in [0.1, 0.15) is 206 Å². The molecule has 5 nitrogen and oxygen atoms in total. The summed E-state index contributed by atoms with van der Waals surface area (Å²) in [6.07, 6.45) is 51.7. The van der Waals surface area contributed by atoms with E-state index in [0.29, 0.717) is 12.8 Å². The van der Waals surface area contributed by atoms with Gasteiger partial charge in [0, 0.05) is 12.8 Å². The number of carbonyl (C=O) groups excluding carboxylic acids is 2. The highest BCUT2D eigenvalue weighted by atomic mass is 16.6. The van der Waals surface area contributed by atoms with Crippen LogP contribution in [-0.2, 0) is 19.1 Å². The molecule has 0 heterocycles. The number of ether oxygens (including phenoxy) is 2. The first kappa shape index (κ1) is 47.9. The number of allylic oxidation sites excluding steroid dienone is 8. The van der Waals surface area contributed by atoms with Crippen molar-refractivity contribution in [3.05, 3.63) is 48.6 Å². The normalized spacial score (nSPS) is 12.6. The third-order valence-corrected chi connectivity index (χ3v) is 9.10. The molecule has 0 aromatic rings. The van der Waals surface area contributed by atoms with E-state index in [0.717, 1.165) is 57.8 Å². The van der Waals surface area contributed by atoms with Gasteiger partial charge in [0.2, 0.25) is 0 Å². The van der Waals surface area contributed by atoms with Crippen LogP contribution >= 0.6 is 0 Å². The monoisotopic (exact) mass is 701 g/mol. The van der Waals surface area contributed by atoms with Gasteiger partial charge in [-0.2, -0.15) is 0 Å². The second kappa shape index (κ2) is 41.3. The fourth-order valence-corrected chi connectivity index (χ4v) is 5.85. The Bertz CT molecular complexity index is 842. The lowest BCUT2D eigenvalue weighted by atomic mass is 10.1. The number of hydrogen-bond acceptors (Lipinski definition) is 5. The minimum absolute atomic E-state index is 0.0737. The van der Waals surface area contributed by atoms with Gasteiger partial charge >= 0.3 is 11.9 Å². The summed E-state index contributed by atoms with van der Waals surface area (Å²) < 4.78 is 10.6. The number of aliphatic hydroxyl groups excluding tert-OH is 1. The fourth-order valence-electron chi connectivity index (χ4n) is 5.85. The van der Waals surface area contributed by atoms with Crippen LogP contribution in [0.3, 0.4) is 0 Å². The van der Waals surface area contributed by atoms with E-state index < -0.39 is 6.10 Å². The highest BCUT2D eigenvalue weighted by Crippen LogP contribution is 2.13. The lowest BCUT2D eigenvalue weighted by Crippen LogP contribution is -2.28. The van der Waals surface area contributed by atoms with Crippen molar-refractivity contribution < 1.29 is 24.2 Å².